The highest BCUT2D eigenvalue weighted by atomic mass is 19.1. The summed E-state index contributed by atoms with van der Waals surface area (Å²) in [6.45, 7) is 2.52. The number of esters is 1. The van der Waals surface area contributed by atoms with E-state index in [1.54, 1.807) is 6.92 Å². The van der Waals surface area contributed by atoms with Crippen molar-refractivity contribution in [3.63, 3.8) is 0 Å². The van der Waals surface area contributed by atoms with Crippen molar-refractivity contribution in [2.75, 3.05) is 11.9 Å². The number of halogens is 1. The Hall–Kier alpha value is -2.36. The van der Waals surface area contributed by atoms with Crippen molar-refractivity contribution >= 4 is 11.7 Å². The van der Waals surface area contributed by atoms with Crippen molar-refractivity contribution in [3.05, 3.63) is 65.5 Å². The molecule has 3 nitrogen and oxygen atoms in total. The Balaban J connectivity index is 2.10. The van der Waals surface area contributed by atoms with Crippen molar-refractivity contribution in [3.8, 4) is 0 Å². The smallest absolute Gasteiger partial charge is 0.338 e. The molecule has 2 aromatic rings. The average Bonchev–Trinajstić information content (AvgIpc) is 2.47. The molecule has 0 radical (unpaired) electrons. The molecule has 0 aliphatic carbocycles. The Morgan fingerprint density at radius 1 is 1.20 bits per heavy atom. The minimum Gasteiger partial charge on any atom is -0.462 e. The first-order valence-corrected chi connectivity index (χ1v) is 6.45. The highest BCUT2D eigenvalue weighted by Crippen LogP contribution is 2.18. The van der Waals surface area contributed by atoms with Crippen molar-refractivity contribution < 1.29 is 13.9 Å². The quantitative estimate of drug-likeness (QED) is 0.846. The molecule has 0 saturated heterocycles. The molecule has 0 spiro atoms. The molecule has 0 amide bonds. The molecule has 1 N–H and O–H groups in total. The van der Waals surface area contributed by atoms with Crippen LogP contribution in [0.4, 0.5) is 10.1 Å². The van der Waals surface area contributed by atoms with Gasteiger partial charge in [0, 0.05) is 6.54 Å². The number of rotatable bonds is 5. The van der Waals surface area contributed by atoms with Crippen LogP contribution >= 0.6 is 0 Å². The van der Waals surface area contributed by atoms with E-state index in [0.29, 0.717) is 24.4 Å². The topological polar surface area (TPSA) is 38.3 Å². The van der Waals surface area contributed by atoms with Gasteiger partial charge in [0.25, 0.3) is 0 Å². The first kappa shape index (κ1) is 14.1. The lowest BCUT2D eigenvalue weighted by atomic mass is 10.1. The predicted molar refractivity (Wildman–Crippen MR) is 76.1 cm³/mol. The molecule has 20 heavy (non-hydrogen) atoms. The molecule has 0 aliphatic rings. The summed E-state index contributed by atoms with van der Waals surface area (Å²) < 4.78 is 18.6. The molecule has 0 unspecified atom stereocenters. The number of carbonyl (C=O) groups is 1. The summed E-state index contributed by atoms with van der Waals surface area (Å²) in [7, 11) is 0. The summed E-state index contributed by atoms with van der Waals surface area (Å²) >= 11 is 0. The van der Waals surface area contributed by atoms with Gasteiger partial charge < -0.3 is 10.1 Å². The highest BCUT2D eigenvalue weighted by molar-refractivity contribution is 5.90. The largest absolute Gasteiger partial charge is 0.462 e. The molecule has 104 valence electrons. The summed E-state index contributed by atoms with van der Waals surface area (Å²) in [4.78, 5) is 11.6. The lowest BCUT2D eigenvalue weighted by molar-refractivity contribution is 0.0526. The molecule has 0 heterocycles. The maximum absolute atomic E-state index is 13.7. The Morgan fingerprint density at radius 3 is 2.65 bits per heavy atom. The van der Waals surface area contributed by atoms with Crippen LogP contribution < -0.4 is 5.32 Å². The zero-order valence-corrected chi connectivity index (χ0v) is 11.2. The maximum Gasteiger partial charge on any atom is 0.338 e. The van der Waals surface area contributed by atoms with Crippen molar-refractivity contribution in [2.24, 2.45) is 0 Å². The van der Waals surface area contributed by atoms with Crippen LogP contribution in [0.3, 0.4) is 0 Å². The fraction of sp³-hybridized carbons (Fsp3) is 0.188. The van der Waals surface area contributed by atoms with Crippen molar-refractivity contribution in [1.82, 2.24) is 0 Å². The molecular weight excluding hydrogens is 257 g/mol. The summed E-state index contributed by atoms with van der Waals surface area (Å²) in [5.41, 5.74) is 1.66. The Morgan fingerprint density at radius 2 is 1.95 bits per heavy atom. The van der Waals surface area contributed by atoms with E-state index in [1.165, 1.54) is 18.2 Å². The molecular formula is C16H16FNO2. The third-order valence-electron chi connectivity index (χ3n) is 2.80. The van der Waals surface area contributed by atoms with Crippen LogP contribution in [0, 0.1) is 5.82 Å². The minimum atomic E-state index is -0.449. The fourth-order valence-electron chi connectivity index (χ4n) is 1.80. The first-order chi connectivity index (χ1) is 9.70. The Labute approximate surface area is 117 Å². The second kappa shape index (κ2) is 6.70. The Bertz CT molecular complexity index is 584. The second-order valence-corrected chi connectivity index (χ2v) is 4.25. The van der Waals surface area contributed by atoms with E-state index in [9.17, 15) is 9.18 Å². The van der Waals surface area contributed by atoms with E-state index in [-0.39, 0.29) is 0 Å². The number of nitrogens with one attached hydrogen (secondary N) is 1. The van der Waals surface area contributed by atoms with E-state index >= 15 is 0 Å². The van der Waals surface area contributed by atoms with Crippen LogP contribution in [-0.2, 0) is 11.3 Å². The van der Waals surface area contributed by atoms with E-state index in [2.05, 4.69) is 5.32 Å². The normalized spacial score (nSPS) is 10.1. The van der Waals surface area contributed by atoms with Gasteiger partial charge in [-0.2, -0.15) is 0 Å². The number of ether oxygens (including phenoxy) is 1. The van der Waals surface area contributed by atoms with Gasteiger partial charge >= 0.3 is 5.97 Å². The van der Waals surface area contributed by atoms with Crippen LogP contribution in [0.2, 0.25) is 0 Å². The summed E-state index contributed by atoms with van der Waals surface area (Å²) in [6.07, 6.45) is 0. The van der Waals surface area contributed by atoms with Gasteiger partial charge in [-0.15, -0.1) is 0 Å². The predicted octanol–water partition coefficient (Wildman–Crippen LogP) is 3.61. The van der Waals surface area contributed by atoms with E-state index in [1.807, 2.05) is 30.3 Å². The van der Waals surface area contributed by atoms with Crippen LogP contribution in [-0.4, -0.2) is 12.6 Å². The van der Waals surface area contributed by atoms with Crippen LogP contribution in [0.1, 0.15) is 22.8 Å². The van der Waals surface area contributed by atoms with Gasteiger partial charge in [-0.05, 0) is 30.7 Å². The van der Waals surface area contributed by atoms with E-state index < -0.39 is 11.8 Å². The molecule has 0 bridgehead atoms. The lowest BCUT2D eigenvalue weighted by Gasteiger charge is -2.09. The van der Waals surface area contributed by atoms with Gasteiger partial charge in [0.15, 0.2) is 0 Å². The third-order valence-corrected chi connectivity index (χ3v) is 2.80. The minimum absolute atomic E-state index is 0.291. The summed E-state index contributed by atoms with van der Waals surface area (Å²) in [5.74, 6) is -0.843. The highest BCUT2D eigenvalue weighted by Gasteiger charge is 2.10. The fourth-order valence-corrected chi connectivity index (χ4v) is 1.80. The first-order valence-electron chi connectivity index (χ1n) is 6.45. The van der Waals surface area contributed by atoms with E-state index in [0.717, 1.165) is 5.56 Å². The van der Waals surface area contributed by atoms with E-state index in [4.69, 9.17) is 4.74 Å². The van der Waals surface area contributed by atoms with Gasteiger partial charge in [0.2, 0.25) is 0 Å². The number of benzene rings is 2. The number of hydrogen-bond acceptors (Lipinski definition) is 3. The molecule has 0 saturated carbocycles. The van der Waals surface area contributed by atoms with Crippen LogP contribution in [0.25, 0.3) is 0 Å². The summed E-state index contributed by atoms with van der Waals surface area (Å²) in [6, 6.07) is 13.8. The Kier molecular flexibility index (Phi) is 4.71. The van der Waals surface area contributed by atoms with Gasteiger partial charge in [-0.3, -0.25) is 0 Å². The van der Waals surface area contributed by atoms with Crippen molar-refractivity contribution in [2.45, 2.75) is 13.5 Å². The molecule has 0 fully saturated rings. The summed E-state index contributed by atoms with van der Waals surface area (Å²) in [5, 5.41) is 2.98. The monoisotopic (exact) mass is 273 g/mol. The van der Waals surface area contributed by atoms with Crippen molar-refractivity contribution in [1.29, 1.82) is 0 Å². The second-order valence-electron chi connectivity index (χ2n) is 4.25. The van der Waals surface area contributed by atoms with Gasteiger partial charge in [-0.1, -0.05) is 30.3 Å². The zero-order chi connectivity index (χ0) is 14.4. The van der Waals surface area contributed by atoms with Gasteiger partial charge in [0.05, 0.1) is 17.9 Å². The van der Waals surface area contributed by atoms with Gasteiger partial charge in [-0.25, -0.2) is 9.18 Å². The average molecular weight is 273 g/mol. The maximum atomic E-state index is 13.7. The third kappa shape index (κ3) is 3.57. The lowest BCUT2D eigenvalue weighted by Crippen LogP contribution is -2.07. The molecule has 2 rings (SSSR count). The standard InChI is InChI=1S/C16H16FNO2/c1-2-20-16(19)13-8-9-14(17)15(10-13)18-11-12-6-4-3-5-7-12/h3-10,18H,2,11H2,1H3. The number of anilines is 1. The molecule has 0 aliphatic heterocycles. The zero-order valence-electron chi connectivity index (χ0n) is 11.2. The van der Waals surface area contributed by atoms with Gasteiger partial charge in [0.1, 0.15) is 5.82 Å². The van der Waals surface area contributed by atoms with Crippen LogP contribution in [0.5, 0.6) is 0 Å². The number of carbonyl (C=O) groups excluding carboxylic acids is 1. The molecule has 0 aromatic heterocycles. The molecule has 4 heteroatoms. The number of hydrogen-bond donors (Lipinski definition) is 1. The molecule has 2 aromatic carbocycles. The van der Waals surface area contributed by atoms with Crippen LogP contribution in [0.15, 0.2) is 48.5 Å². The SMILES string of the molecule is CCOC(=O)c1ccc(F)c(NCc2ccccc2)c1. The molecule has 0 atom stereocenters.